The number of nitrogens with zero attached hydrogens (tertiary/aromatic N) is 2. The molecule has 1 saturated heterocycles. The zero-order chi connectivity index (χ0) is 31.0. The lowest BCUT2D eigenvalue weighted by Gasteiger charge is -2.35. The van der Waals surface area contributed by atoms with Crippen molar-refractivity contribution in [2.24, 2.45) is 11.3 Å². The number of likely N-dealkylation sites (tertiary alicyclic amines) is 1. The van der Waals surface area contributed by atoms with Gasteiger partial charge in [0.2, 0.25) is 11.8 Å². The number of hydrogen-bond donors (Lipinski definition) is 3. The highest BCUT2D eigenvalue weighted by molar-refractivity contribution is 5.96. The number of aliphatic carboxylic acids is 1. The summed E-state index contributed by atoms with van der Waals surface area (Å²) >= 11 is 0. The number of carboxylic acid groups (broad SMARTS) is 1. The molecule has 226 valence electrons. The van der Waals surface area contributed by atoms with Crippen LogP contribution in [0.4, 0.5) is 4.79 Å². The van der Waals surface area contributed by atoms with E-state index in [4.69, 9.17) is 9.47 Å². The van der Waals surface area contributed by atoms with Crippen LogP contribution in [-0.4, -0.2) is 74.7 Å². The van der Waals surface area contributed by atoms with Crippen molar-refractivity contribution in [1.82, 2.24) is 20.5 Å². The van der Waals surface area contributed by atoms with Gasteiger partial charge in [0.1, 0.15) is 35.1 Å². The van der Waals surface area contributed by atoms with Gasteiger partial charge in [-0.1, -0.05) is 39.0 Å². The number of para-hydroxylation sites is 1. The molecule has 2 heterocycles. The Hall–Kier alpha value is -4.15. The van der Waals surface area contributed by atoms with Crippen molar-refractivity contribution in [3.8, 4) is 5.75 Å². The number of nitrogens with one attached hydrogen (secondary N) is 2. The van der Waals surface area contributed by atoms with Gasteiger partial charge >= 0.3 is 12.1 Å². The molecule has 11 nitrogen and oxygen atoms in total. The molecule has 1 aromatic heterocycles. The predicted molar refractivity (Wildman–Crippen MR) is 156 cm³/mol. The van der Waals surface area contributed by atoms with Gasteiger partial charge in [0.15, 0.2) is 0 Å². The number of ether oxygens (including phenoxy) is 2. The van der Waals surface area contributed by atoms with Crippen LogP contribution in [0.3, 0.4) is 0 Å². The Morgan fingerprint density at radius 3 is 2.43 bits per heavy atom. The number of carboxylic acids is 1. The first kappa shape index (κ1) is 30.8. The van der Waals surface area contributed by atoms with Crippen LogP contribution in [0.1, 0.15) is 54.4 Å². The van der Waals surface area contributed by atoms with E-state index in [0.29, 0.717) is 5.75 Å². The largest absolute Gasteiger partial charge is 0.488 e. The minimum atomic E-state index is -1.47. The zero-order valence-electron chi connectivity index (χ0n) is 25.0. The predicted octanol–water partition coefficient (Wildman–Crippen LogP) is 3.67. The Morgan fingerprint density at radius 1 is 1.14 bits per heavy atom. The maximum absolute atomic E-state index is 14.1. The molecule has 0 bridgehead atoms. The highest BCUT2D eigenvalue weighted by Crippen LogP contribution is 2.45. The third-order valence-corrected chi connectivity index (χ3v) is 7.55. The van der Waals surface area contributed by atoms with Gasteiger partial charge in [0.05, 0.1) is 12.1 Å². The molecule has 4 rings (SSSR count). The Morgan fingerprint density at radius 2 is 1.83 bits per heavy atom. The maximum Gasteiger partial charge on any atom is 0.408 e. The molecule has 1 aromatic carbocycles. The molecule has 1 aliphatic carbocycles. The lowest BCUT2D eigenvalue weighted by molar-refractivity contribution is -0.146. The fourth-order valence-electron chi connectivity index (χ4n) is 5.29. The van der Waals surface area contributed by atoms with Gasteiger partial charge < -0.3 is 30.1 Å². The Balaban J connectivity index is 1.64. The highest BCUT2D eigenvalue weighted by Gasteiger charge is 2.61. The SMILES string of the molecule is C=C[C@H]1C[C@@]1(NC(=O)C1C[C@@H](Oc2ccnc3ccccc23)CN1C(=O)[C@@H](NC(=O)OC(C)(C)C)C(C)(C)C)C(=O)O. The molecule has 3 N–H and O–H groups in total. The number of amides is 3. The molecular weight excluding hydrogens is 540 g/mol. The summed E-state index contributed by atoms with van der Waals surface area (Å²) in [6.07, 6.45) is 2.11. The average Bonchev–Trinajstić information content (AvgIpc) is 3.45. The summed E-state index contributed by atoms with van der Waals surface area (Å²) in [7, 11) is 0. The van der Waals surface area contributed by atoms with Crippen LogP contribution in [0, 0.1) is 11.3 Å². The van der Waals surface area contributed by atoms with Gasteiger partial charge in [-0.3, -0.25) is 14.6 Å². The van der Waals surface area contributed by atoms with E-state index in [0.717, 1.165) is 10.9 Å². The molecule has 3 amide bonds. The number of hydrogen-bond acceptors (Lipinski definition) is 7. The smallest absolute Gasteiger partial charge is 0.408 e. The molecule has 11 heteroatoms. The lowest BCUT2D eigenvalue weighted by atomic mass is 9.85. The van der Waals surface area contributed by atoms with Crippen LogP contribution >= 0.6 is 0 Å². The van der Waals surface area contributed by atoms with Crippen LogP contribution in [0.15, 0.2) is 49.2 Å². The second kappa shape index (κ2) is 11.3. The van der Waals surface area contributed by atoms with E-state index in [-0.39, 0.29) is 19.4 Å². The number of fused-ring (bicyclic) bond motifs is 1. The van der Waals surface area contributed by atoms with E-state index >= 15 is 0 Å². The quantitative estimate of drug-likeness (QED) is 0.401. The van der Waals surface area contributed by atoms with E-state index < -0.39 is 64.5 Å². The van der Waals surface area contributed by atoms with Gasteiger partial charge in [0, 0.05) is 23.9 Å². The highest BCUT2D eigenvalue weighted by atomic mass is 16.6. The van der Waals surface area contributed by atoms with Crippen molar-refractivity contribution in [3.63, 3.8) is 0 Å². The monoisotopic (exact) mass is 580 g/mol. The number of carbonyl (C=O) groups excluding carboxylic acids is 3. The second-order valence-electron chi connectivity index (χ2n) is 13.1. The number of alkyl carbamates (subject to hydrolysis) is 1. The molecule has 0 spiro atoms. The van der Waals surface area contributed by atoms with Crippen molar-refractivity contribution in [3.05, 3.63) is 49.2 Å². The lowest BCUT2D eigenvalue weighted by Crippen LogP contribution is -2.59. The summed E-state index contributed by atoms with van der Waals surface area (Å²) in [5.41, 5.74) is -2.26. The second-order valence-corrected chi connectivity index (χ2v) is 13.1. The zero-order valence-corrected chi connectivity index (χ0v) is 25.0. The molecule has 1 saturated carbocycles. The van der Waals surface area contributed by atoms with E-state index in [9.17, 15) is 24.3 Å². The van der Waals surface area contributed by atoms with E-state index in [1.807, 2.05) is 24.3 Å². The van der Waals surface area contributed by atoms with Crippen molar-refractivity contribution in [1.29, 1.82) is 0 Å². The summed E-state index contributed by atoms with van der Waals surface area (Å²) in [4.78, 5) is 58.4. The number of rotatable bonds is 8. The number of benzene rings is 1. The molecule has 2 aliphatic rings. The third kappa shape index (κ3) is 6.50. The normalized spacial score (nSPS) is 24.4. The van der Waals surface area contributed by atoms with Crippen molar-refractivity contribution >= 4 is 34.8 Å². The fourth-order valence-corrected chi connectivity index (χ4v) is 5.29. The molecule has 1 unspecified atom stereocenters. The van der Waals surface area contributed by atoms with Crippen LogP contribution < -0.4 is 15.4 Å². The van der Waals surface area contributed by atoms with Crippen LogP contribution in [0.2, 0.25) is 0 Å². The van der Waals surface area contributed by atoms with Gasteiger partial charge in [0.25, 0.3) is 0 Å². The standard InChI is InChI=1S/C31H40N4O7/c1-8-18-16-31(18,27(38)39)34-25(36)22-15-19(41-23-13-14-32-21-12-10-9-11-20(21)23)17-35(22)26(37)24(29(2,3)4)33-28(40)42-30(5,6)7/h8-14,18-19,22,24H,1,15-17H2,2-7H3,(H,33,40)(H,34,36)(H,38,39)/t18-,19+,22?,24+,31-/m0/s1. The van der Waals surface area contributed by atoms with Gasteiger partial charge in [-0.05, 0) is 50.8 Å². The maximum atomic E-state index is 14.1. The summed E-state index contributed by atoms with van der Waals surface area (Å²) in [6.45, 7) is 14.3. The molecule has 2 aromatic rings. The first-order valence-electron chi connectivity index (χ1n) is 14.0. The molecule has 42 heavy (non-hydrogen) atoms. The third-order valence-electron chi connectivity index (χ3n) is 7.55. The van der Waals surface area contributed by atoms with Crippen LogP contribution in [-0.2, 0) is 19.1 Å². The van der Waals surface area contributed by atoms with Crippen LogP contribution in [0.5, 0.6) is 5.75 Å². The Bertz CT molecular complexity index is 1390. The molecule has 5 atom stereocenters. The summed E-state index contributed by atoms with van der Waals surface area (Å²) in [5.74, 6) is -2.14. The van der Waals surface area contributed by atoms with Gasteiger partial charge in [-0.15, -0.1) is 6.58 Å². The van der Waals surface area contributed by atoms with Gasteiger partial charge in [-0.25, -0.2) is 9.59 Å². The minimum absolute atomic E-state index is 0.0428. The van der Waals surface area contributed by atoms with Crippen LogP contribution in [0.25, 0.3) is 10.9 Å². The fraction of sp³-hybridized carbons (Fsp3) is 0.516. The van der Waals surface area contributed by atoms with Crippen molar-refractivity contribution in [2.45, 2.75) is 83.7 Å². The first-order valence-corrected chi connectivity index (χ1v) is 14.0. The summed E-state index contributed by atoms with van der Waals surface area (Å²) in [6, 6.07) is 7.11. The minimum Gasteiger partial charge on any atom is -0.488 e. The number of pyridine rings is 1. The summed E-state index contributed by atoms with van der Waals surface area (Å²) in [5, 5.41) is 16.0. The number of carbonyl (C=O) groups is 4. The molecule has 1 aliphatic heterocycles. The van der Waals surface area contributed by atoms with E-state index in [1.54, 1.807) is 53.8 Å². The van der Waals surface area contributed by atoms with E-state index in [2.05, 4.69) is 22.2 Å². The molecular formula is C31H40N4O7. The first-order chi connectivity index (χ1) is 19.6. The van der Waals surface area contributed by atoms with Gasteiger partial charge in [-0.2, -0.15) is 0 Å². The number of aromatic nitrogens is 1. The summed E-state index contributed by atoms with van der Waals surface area (Å²) < 4.78 is 11.7. The Labute approximate surface area is 245 Å². The topological polar surface area (TPSA) is 147 Å². The molecule has 0 radical (unpaired) electrons. The van der Waals surface area contributed by atoms with Crippen molar-refractivity contribution in [2.75, 3.05) is 6.54 Å². The van der Waals surface area contributed by atoms with Crippen molar-refractivity contribution < 1.29 is 33.8 Å². The Kier molecular flexibility index (Phi) is 8.26. The molecule has 2 fully saturated rings. The average molecular weight is 581 g/mol. The van der Waals surface area contributed by atoms with E-state index in [1.165, 1.54) is 11.0 Å².